The molecule has 1 aromatic carbocycles. The Morgan fingerprint density at radius 2 is 1.70 bits per heavy atom. The molecule has 0 amide bonds. The molecular formula is C19H28O3P+. The summed E-state index contributed by atoms with van der Waals surface area (Å²) in [5.74, 6) is 6.62. The van der Waals surface area contributed by atoms with Gasteiger partial charge in [0, 0.05) is 22.6 Å². The van der Waals surface area contributed by atoms with Gasteiger partial charge in [-0.1, -0.05) is 76.2 Å². The van der Waals surface area contributed by atoms with E-state index < -0.39 is 8.25 Å². The van der Waals surface area contributed by atoms with Crippen molar-refractivity contribution in [3.63, 3.8) is 0 Å². The highest BCUT2D eigenvalue weighted by Crippen LogP contribution is 2.23. The second kappa shape index (κ2) is 13.1. The molecule has 1 unspecified atom stereocenters. The highest BCUT2D eigenvalue weighted by molar-refractivity contribution is 7.32. The number of hydrogen-bond acceptors (Lipinski definition) is 2. The molecule has 0 radical (unpaired) electrons. The Kier molecular flexibility index (Phi) is 11.2. The highest BCUT2D eigenvalue weighted by Gasteiger charge is 2.13. The Labute approximate surface area is 141 Å². The van der Waals surface area contributed by atoms with Crippen molar-refractivity contribution in [1.29, 1.82) is 0 Å². The van der Waals surface area contributed by atoms with Crippen molar-refractivity contribution in [2.45, 2.75) is 71.1 Å². The first-order chi connectivity index (χ1) is 11.2. The molecular weight excluding hydrogens is 307 g/mol. The predicted octanol–water partition coefficient (Wildman–Crippen LogP) is 5.99. The van der Waals surface area contributed by atoms with Crippen LogP contribution < -0.4 is 4.52 Å². The highest BCUT2D eigenvalue weighted by atomic mass is 31.1. The van der Waals surface area contributed by atoms with E-state index in [1.807, 2.05) is 6.07 Å². The number of benzene rings is 1. The third-order valence-electron chi connectivity index (χ3n) is 3.66. The van der Waals surface area contributed by atoms with Gasteiger partial charge in [0.25, 0.3) is 0 Å². The fraction of sp³-hybridized carbons (Fsp3) is 0.579. The molecule has 0 aliphatic heterocycles. The van der Waals surface area contributed by atoms with Gasteiger partial charge >= 0.3 is 8.25 Å². The van der Waals surface area contributed by atoms with Gasteiger partial charge in [-0.2, -0.15) is 0 Å². The third-order valence-corrected chi connectivity index (χ3v) is 4.02. The lowest BCUT2D eigenvalue weighted by molar-refractivity contribution is 0.410. The largest absolute Gasteiger partial charge is 0.747 e. The molecule has 0 bridgehead atoms. The molecule has 4 heteroatoms. The van der Waals surface area contributed by atoms with Crippen LogP contribution in [0, 0.1) is 11.8 Å². The van der Waals surface area contributed by atoms with Crippen LogP contribution in [0.3, 0.4) is 0 Å². The Balaban J connectivity index is 2.12. The summed E-state index contributed by atoms with van der Waals surface area (Å²) in [5, 5.41) is 0. The van der Waals surface area contributed by atoms with Crippen LogP contribution in [0.1, 0.15) is 76.7 Å². The van der Waals surface area contributed by atoms with Crippen molar-refractivity contribution in [2.75, 3.05) is 0 Å². The van der Waals surface area contributed by atoms with E-state index in [0.29, 0.717) is 5.75 Å². The summed E-state index contributed by atoms with van der Waals surface area (Å²) in [6.45, 7) is 2.25. The predicted molar refractivity (Wildman–Crippen MR) is 95.6 cm³/mol. The first-order valence-corrected chi connectivity index (χ1v) is 9.78. The van der Waals surface area contributed by atoms with Crippen molar-refractivity contribution in [3.05, 3.63) is 29.8 Å². The van der Waals surface area contributed by atoms with Crippen molar-refractivity contribution in [1.82, 2.24) is 0 Å². The third kappa shape index (κ3) is 10.9. The zero-order valence-corrected chi connectivity index (χ0v) is 15.0. The quantitative estimate of drug-likeness (QED) is 0.307. The van der Waals surface area contributed by atoms with Gasteiger partial charge < -0.3 is 0 Å². The van der Waals surface area contributed by atoms with Gasteiger partial charge in [0.05, 0.1) is 0 Å². The first kappa shape index (κ1) is 19.7. The SMILES string of the molecule is CCCCCCCCCCCC#Cc1cccc(O[P+](=O)O)c1. The fourth-order valence-corrected chi connectivity index (χ4v) is 2.70. The molecule has 0 fully saturated rings. The summed E-state index contributed by atoms with van der Waals surface area (Å²) in [6.07, 6.45) is 12.7. The molecule has 0 heterocycles. The minimum absolute atomic E-state index is 0.378. The lowest BCUT2D eigenvalue weighted by Gasteiger charge is -2.00. The smallest absolute Gasteiger partial charge is 0.229 e. The summed E-state index contributed by atoms with van der Waals surface area (Å²) >= 11 is 0. The monoisotopic (exact) mass is 335 g/mol. The van der Waals surface area contributed by atoms with Crippen LogP contribution >= 0.6 is 8.25 Å². The minimum atomic E-state index is -2.62. The molecule has 1 rings (SSSR count). The van der Waals surface area contributed by atoms with Gasteiger partial charge in [-0.25, -0.2) is 4.52 Å². The molecule has 3 nitrogen and oxygen atoms in total. The number of hydrogen-bond donors (Lipinski definition) is 1. The Morgan fingerprint density at radius 1 is 1.04 bits per heavy atom. The van der Waals surface area contributed by atoms with E-state index in [9.17, 15) is 4.57 Å². The molecule has 0 aromatic heterocycles. The van der Waals surface area contributed by atoms with E-state index in [2.05, 4.69) is 18.8 Å². The minimum Gasteiger partial charge on any atom is -0.229 e. The Hall–Kier alpha value is -1.36. The summed E-state index contributed by atoms with van der Waals surface area (Å²) in [7, 11) is -2.62. The van der Waals surface area contributed by atoms with Crippen LogP contribution in [0.15, 0.2) is 24.3 Å². The first-order valence-electron chi connectivity index (χ1n) is 8.65. The maximum atomic E-state index is 10.6. The average molecular weight is 335 g/mol. The lowest BCUT2D eigenvalue weighted by Crippen LogP contribution is -1.82. The van der Waals surface area contributed by atoms with Crippen LogP contribution in [0.2, 0.25) is 0 Å². The van der Waals surface area contributed by atoms with Gasteiger partial charge in [0.2, 0.25) is 0 Å². The van der Waals surface area contributed by atoms with Gasteiger partial charge in [0.1, 0.15) is 0 Å². The van der Waals surface area contributed by atoms with E-state index in [4.69, 9.17) is 9.42 Å². The molecule has 0 aliphatic carbocycles. The fourth-order valence-electron chi connectivity index (χ4n) is 2.41. The number of rotatable bonds is 11. The van der Waals surface area contributed by atoms with Gasteiger partial charge in [0.15, 0.2) is 5.75 Å². The van der Waals surface area contributed by atoms with Crippen molar-refractivity contribution < 1.29 is 14.0 Å². The normalized spacial score (nSPS) is 10.8. The van der Waals surface area contributed by atoms with Crippen molar-refractivity contribution in [3.8, 4) is 17.6 Å². The van der Waals surface area contributed by atoms with Gasteiger partial charge in [-0.3, -0.25) is 0 Å². The second-order valence-electron chi connectivity index (χ2n) is 5.74. The molecule has 1 atom stereocenters. The molecule has 0 spiro atoms. The Bertz CT molecular complexity index is 517. The average Bonchev–Trinajstić information content (AvgIpc) is 2.52. The van der Waals surface area contributed by atoms with Gasteiger partial charge in [-0.05, 0) is 18.6 Å². The summed E-state index contributed by atoms with van der Waals surface area (Å²) in [6, 6.07) is 6.99. The van der Waals surface area contributed by atoms with Crippen molar-refractivity contribution in [2.24, 2.45) is 0 Å². The summed E-state index contributed by atoms with van der Waals surface area (Å²) in [4.78, 5) is 8.72. The van der Waals surface area contributed by atoms with Crippen LogP contribution in [0.5, 0.6) is 5.75 Å². The zero-order chi connectivity index (χ0) is 16.8. The van der Waals surface area contributed by atoms with Crippen LogP contribution in [-0.2, 0) is 4.57 Å². The number of unbranched alkanes of at least 4 members (excludes halogenated alkanes) is 9. The van der Waals surface area contributed by atoms with E-state index >= 15 is 0 Å². The second-order valence-corrected chi connectivity index (χ2v) is 6.40. The molecule has 1 aromatic rings. The van der Waals surface area contributed by atoms with Crippen LogP contribution in [0.4, 0.5) is 0 Å². The molecule has 0 saturated carbocycles. The van der Waals surface area contributed by atoms with E-state index in [1.165, 1.54) is 51.4 Å². The zero-order valence-electron chi connectivity index (χ0n) is 14.1. The molecule has 126 valence electrons. The maximum Gasteiger partial charge on any atom is 0.747 e. The van der Waals surface area contributed by atoms with Crippen LogP contribution in [-0.4, -0.2) is 4.89 Å². The standard InChI is InChI=1S/C19H27O3P/c1-2-3-4-5-6-7-8-9-10-11-12-14-18-15-13-16-19(17-18)22-23(20)21/h13,15-17H,2-11H2,1H3/p+1. The Morgan fingerprint density at radius 3 is 2.35 bits per heavy atom. The van der Waals surface area contributed by atoms with E-state index in [0.717, 1.165) is 18.4 Å². The molecule has 1 N–H and O–H groups in total. The lowest BCUT2D eigenvalue weighted by atomic mass is 10.1. The van der Waals surface area contributed by atoms with E-state index in [1.54, 1.807) is 18.2 Å². The van der Waals surface area contributed by atoms with E-state index in [-0.39, 0.29) is 0 Å². The molecule has 0 aliphatic rings. The summed E-state index contributed by atoms with van der Waals surface area (Å²) < 4.78 is 15.4. The van der Waals surface area contributed by atoms with Gasteiger partial charge in [-0.15, -0.1) is 4.89 Å². The summed E-state index contributed by atoms with van der Waals surface area (Å²) in [5.41, 5.74) is 0.815. The maximum absolute atomic E-state index is 10.6. The molecule has 0 saturated heterocycles. The van der Waals surface area contributed by atoms with Crippen LogP contribution in [0.25, 0.3) is 0 Å². The molecule has 23 heavy (non-hydrogen) atoms. The van der Waals surface area contributed by atoms with Crippen molar-refractivity contribution >= 4 is 8.25 Å². The topological polar surface area (TPSA) is 46.5 Å².